The molecular formula is C17H13ClIN3O. The maximum absolute atomic E-state index is 12.2. The van der Waals surface area contributed by atoms with Crippen LogP contribution < -0.4 is 5.32 Å². The molecule has 0 aliphatic carbocycles. The molecule has 4 nitrogen and oxygen atoms in total. The Morgan fingerprint density at radius 2 is 1.91 bits per heavy atom. The van der Waals surface area contributed by atoms with E-state index in [9.17, 15) is 4.79 Å². The van der Waals surface area contributed by atoms with Crippen molar-refractivity contribution in [3.8, 4) is 0 Å². The number of benzene rings is 2. The van der Waals surface area contributed by atoms with Crippen LogP contribution in [0.3, 0.4) is 0 Å². The lowest BCUT2D eigenvalue weighted by Crippen LogP contribution is -2.11. The molecule has 0 fully saturated rings. The van der Waals surface area contributed by atoms with Crippen LogP contribution in [0.25, 0.3) is 0 Å². The summed E-state index contributed by atoms with van der Waals surface area (Å²) < 4.78 is 2.82. The van der Waals surface area contributed by atoms with Crippen molar-refractivity contribution in [1.29, 1.82) is 0 Å². The van der Waals surface area contributed by atoms with Gasteiger partial charge in [-0.1, -0.05) is 29.8 Å². The number of halogens is 2. The molecule has 0 aliphatic heterocycles. The van der Waals surface area contributed by atoms with E-state index in [0.29, 0.717) is 17.1 Å². The number of nitrogens with zero attached hydrogens (tertiary/aromatic N) is 2. The van der Waals surface area contributed by atoms with Crippen LogP contribution in [-0.2, 0) is 6.54 Å². The summed E-state index contributed by atoms with van der Waals surface area (Å²) in [5.74, 6) is -0.184. The second kappa shape index (κ2) is 7.14. The standard InChI is InChI=1S/C17H13ClIN3O/c18-16-4-2-1-3-12(16)10-22-11-13(9-20-22)17(23)21-15-7-5-14(19)6-8-15/h1-9,11H,10H2,(H,21,23). The number of amides is 1. The molecule has 1 heterocycles. The van der Waals surface area contributed by atoms with Crippen LogP contribution in [0.15, 0.2) is 60.9 Å². The van der Waals surface area contributed by atoms with E-state index in [1.807, 2.05) is 48.5 Å². The van der Waals surface area contributed by atoms with Gasteiger partial charge >= 0.3 is 0 Å². The molecule has 0 saturated carbocycles. The summed E-state index contributed by atoms with van der Waals surface area (Å²) >= 11 is 8.36. The molecule has 1 N–H and O–H groups in total. The molecule has 6 heteroatoms. The van der Waals surface area contributed by atoms with Gasteiger partial charge in [0.05, 0.1) is 18.3 Å². The molecule has 1 aromatic heterocycles. The fourth-order valence-corrected chi connectivity index (χ4v) is 2.66. The summed E-state index contributed by atoms with van der Waals surface area (Å²) in [6, 6.07) is 15.2. The average Bonchev–Trinajstić information content (AvgIpc) is 3.01. The van der Waals surface area contributed by atoms with Gasteiger partial charge in [0.25, 0.3) is 5.91 Å². The average molecular weight is 438 g/mol. The second-order valence-corrected chi connectivity index (χ2v) is 6.63. The molecule has 2 aromatic carbocycles. The fraction of sp³-hybridized carbons (Fsp3) is 0.0588. The van der Waals surface area contributed by atoms with E-state index in [1.54, 1.807) is 17.1 Å². The molecule has 0 bridgehead atoms. The smallest absolute Gasteiger partial charge is 0.258 e. The number of carbonyl (C=O) groups excluding carboxylic acids is 1. The first-order valence-corrected chi connectivity index (χ1v) is 8.40. The van der Waals surface area contributed by atoms with E-state index in [2.05, 4.69) is 33.0 Å². The van der Waals surface area contributed by atoms with Gasteiger partial charge in [0.15, 0.2) is 0 Å². The Balaban J connectivity index is 1.70. The summed E-state index contributed by atoms with van der Waals surface area (Å²) in [4.78, 5) is 12.2. The zero-order valence-electron chi connectivity index (χ0n) is 12.0. The third kappa shape index (κ3) is 4.11. The van der Waals surface area contributed by atoms with Crippen molar-refractivity contribution < 1.29 is 4.79 Å². The molecule has 0 aliphatic rings. The Labute approximate surface area is 152 Å². The maximum atomic E-state index is 12.2. The number of anilines is 1. The van der Waals surface area contributed by atoms with Gasteiger partial charge < -0.3 is 5.32 Å². The quantitative estimate of drug-likeness (QED) is 0.613. The second-order valence-electron chi connectivity index (χ2n) is 4.98. The highest BCUT2D eigenvalue weighted by atomic mass is 127. The van der Waals surface area contributed by atoms with Crippen LogP contribution in [0.4, 0.5) is 5.69 Å². The van der Waals surface area contributed by atoms with Crippen LogP contribution in [0.2, 0.25) is 5.02 Å². The highest BCUT2D eigenvalue weighted by Gasteiger charge is 2.10. The predicted molar refractivity (Wildman–Crippen MR) is 99.9 cm³/mol. The molecule has 0 spiro atoms. The van der Waals surface area contributed by atoms with E-state index >= 15 is 0 Å². The van der Waals surface area contributed by atoms with Gasteiger partial charge in [-0.2, -0.15) is 5.10 Å². The van der Waals surface area contributed by atoms with Gasteiger partial charge in [-0.3, -0.25) is 9.48 Å². The highest BCUT2D eigenvalue weighted by molar-refractivity contribution is 14.1. The Morgan fingerprint density at radius 1 is 1.17 bits per heavy atom. The van der Waals surface area contributed by atoms with Gasteiger partial charge in [-0.25, -0.2) is 0 Å². The number of aromatic nitrogens is 2. The summed E-state index contributed by atoms with van der Waals surface area (Å²) in [5.41, 5.74) is 2.23. The van der Waals surface area contributed by atoms with E-state index < -0.39 is 0 Å². The van der Waals surface area contributed by atoms with Crippen molar-refractivity contribution in [2.24, 2.45) is 0 Å². The van der Waals surface area contributed by atoms with Gasteiger partial charge in [-0.15, -0.1) is 0 Å². The summed E-state index contributed by atoms with van der Waals surface area (Å²) in [6.07, 6.45) is 3.27. The zero-order valence-corrected chi connectivity index (χ0v) is 15.0. The van der Waals surface area contributed by atoms with Crippen LogP contribution in [0.1, 0.15) is 15.9 Å². The lowest BCUT2D eigenvalue weighted by molar-refractivity contribution is 0.102. The minimum absolute atomic E-state index is 0.184. The molecule has 0 radical (unpaired) electrons. The Hall–Kier alpha value is -1.86. The normalized spacial score (nSPS) is 10.5. The molecule has 3 rings (SSSR count). The summed E-state index contributed by atoms with van der Waals surface area (Å²) in [6.45, 7) is 0.524. The molecule has 0 saturated heterocycles. The molecule has 0 atom stereocenters. The number of hydrogen-bond acceptors (Lipinski definition) is 2. The van der Waals surface area contributed by atoms with Gasteiger partial charge in [-0.05, 0) is 58.5 Å². The summed E-state index contributed by atoms with van der Waals surface area (Å²) in [7, 11) is 0. The predicted octanol–water partition coefficient (Wildman–Crippen LogP) is 4.44. The van der Waals surface area contributed by atoms with E-state index in [-0.39, 0.29) is 5.91 Å². The number of nitrogens with one attached hydrogen (secondary N) is 1. The Morgan fingerprint density at radius 3 is 2.65 bits per heavy atom. The largest absolute Gasteiger partial charge is 0.322 e. The van der Waals surface area contributed by atoms with Crippen LogP contribution in [0, 0.1) is 3.57 Å². The van der Waals surface area contributed by atoms with E-state index in [4.69, 9.17) is 11.6 Å². The molecule has 0 unspecified atom stereocenters. The lowest BCUT2D eigenvalue weighted by Gasteiger charge is -2.04. The van der Waals surface area contributed by atoms with Crippen molar-refractivity contribution in [2.45, 2.75) is 6.54 Å². The van der Waals surface area contributed by atoms with Gasteiger partial charge in [0.2, 0.25) is 0 Å². The van der Waals surface area contributed by atoms with Crippen LogP contribution in [0.5, 0.6) is 0 Å². The van der Waals surface area contributed by atoms with Crippen LogP contribution >= 0.6 is 34.2 Å². The van der Waals surface area contributed by atoms with E-state index in [0.717, 1.165) is 14.8 Å². The SMILES string of the molecule is O=C(Nc1ccc(I)cc1)c1cnn(Cc2ccccc2Cl)c1. The molecular weight excluding hydrogens is 425 g/mol. The van der Waals surface area contributed by atoms with Crippen molar-refractivity contribution in [3.63, 3.8) is 0 Å². The third-order valence-electron chi connectivity index (χ3n) is 3.29. The first-order valence-electron chi connectivity index (χ1n) is 6.94. The minimum atomic E-state index is -0.184. The first-order chi connectivity index (χ1) is 11.1. The molecule has 3 aromatic rings. The number of hydrogen-bond donors (Lipinski definition) is 1. The fourth-order valence-electron chi connectivity index (χ4n) is 2.10. The lowest BCUT2D eigenvalue weighted by atomic mass is 10.2. The Bertz CT molecular complexity index is 830. The molecule has 23 heavy (non-hydrogen) atoms. The topological polar surface area (TPSA) is 46.9 Å². The maximum Gasteiger partial charge on any atom is 0.258 e. The molecule has 116 valence electrons. The minimum Gasteiger partial charge on any atom is -0.322 e. The monoisotopic (exact) mass is 437 g/mol. The van der Waals surface area contributed by atoms with Gasteiger partial charge in [0, 0.05) is 20.5 Å². The van der Waals surface area contributed by atoms with Gasteiger partial charge in [0.1, 0.15) is 0 Å². The summed E-state index contributed by atoms with van der Waals surface area (Å²) in [5, 5.41) is 7.77. The van der Waals surface area contributed by atoms with Crippen molar-refractivity contribution in [3.05, 3.63) is 80.6 Å². The van der Waals surface area contributed by atoms with Crippen molar-refractivity contribution in [1.82, 2.24) is 9.78 Å². The van der Waals surface area contributed by atoms with Crippen LogP contribution in [-0.4, -0.2) is 15.7 Å². The number of rotatable bonds is 4. The number of carbonyl (C=O) groups is 1. The molecule has 1 amide bonds. The zero-order chi connectivity index (χ0) is 16.2. The highest BCUT2D eigenvalue weighted by Crippen LogP contribution is 2.16. The Kier molecular flexibility index (Phi) is 4.97. The van der Waals surface area contributed by atoms with Crippen molar-refractivity contribution in [2.75, 3.05) is 5.32 Å². The first kappa shape index (κ1) is 16.0. The third-order valence-corrected chi connectivity index (χ3v) is 4.38. The van der Waals surface area contributed by atoms with E-state index in [1.165, 1.54) is 0 Å². The van der Waals surface area contributed by atoms with Crippen molar-refractivity contribution >= 4 is 45.8 Å².